The van der Waals surface area contributed by atoms with Crippen LogP contribution >= 0.6 is 0 Å². The number of fused-ring (bicyclic) bond motifs is 1. The van der Waals surface area contributed by atoms with Gasteiger partial charge < -0.3 is 0 Å². The first kappa shape index (κ1) is 14.2. The third-order valence-electron chi connectivity index (χ3n) is 2.33. The van der Waals surface area contributed by atoms with Gasteiger partial charge in [0.1, 0.15) is 0 Å². The van der Waals surface area contributed by atoms with Gasteiger partial charge in [0, 0.05) is 12.2 Å². The van der Waals surface area contributed by atoms with E-state index in [-0.39, 0.29) is 0 Å². The van der Waals surface area contributed by atoms with Crippen molar-refractivity contribution in [3.05, 3.63) is 17.5 Å². The lowest BCUT2D eigenvalue weighted by atomic mass is 10.1. The van der Waals surface area contributed by atoms with E-state index >= 15 is 0 Å². The second kappa shape index (κ2) is 8.51. The molecular weight excluding hydrogens is 184 g/mol. The van der Waals surface area contributed by atoms with Crippen LogP contribution in [0, 0.1) is 0 Å². The summed E-state index contributed by atoms with van der Waals surface area (Å²) in [5.41, 5.74) is 2.69. The first-order chi connectivity index (χ1) is 7.40. The normalized spacial score (nSPS) is 12.9. The number of aryl methyl sites for hydroxylation is 3. The highest BCUT2D eigenvalue weighted by Crippen LogP contribution is 2.15. The zero-order valence-electron chi connectivity index (χ0n) is 11.0. The Bertz CT molecular complexity index is 228. The number of rotatable bonds is 1. The van der Waals surface area contributed by atoms with Crippen molar-refractivity contribution >= 4 is 0 Å². The molecule has 0 amide bonds. The van der Waals surface area contributed by atoms with Crippen molar-refractivity contribution in [1.29, 1.82) is 0 Å². The molecule has 1 aliphatic heterocycles. The first-order valence-electron chi connectivity index (χ1n) is 6.46. The Morgan fingerprint density at radius 3 is 2.40 bits per heavy atom. The second-order valence-electron chi connectivity index (χ2n) is 3.16. The zero-order valence-corrected chi connectivity index (χ0v) is 11.0. The van der Waals surface area contributed by atoms with Crippen LogP contribution in [-0.2, 0) is 19.4 Å². The van der Waals surface area contributed by atoms with Crippen molar-refractivity contribution in [2.45, 2.75) is 66.8 Å². The van der Waals surface area contributed by atoms with Crippen molar-refractivity contribution in [2.24, 2.45) is 0 Å². The molecule has 2 heteroatoms. The van der Waals surface area contributed by atoms with Gasteiger partial charge in [-0.3, -0.25) is 4.68 Å². The van der Waals surface area contributed by atoms with E-state index in [4.69, 9.17) is 0 Å². The lowest BCUT2D eigenvalue weighted by molar-refractivity contribution is 0.483. The molecule has 0 saturated heterocycles. The minimum Gasteiger partial charge on any atom is -0.269 e. The quantitative estimate of drug-likeness (QED) is 0.688. The van der Waals surface area contributed by atoms with Gasteiger partial charge in [-0.15, -0.1) is 0 Å². The molecule has 0 fully saturated rings. The Balaban J connectivity index is 0.000000442. The third kappa shape index (κ3) is 4.06. The van der Waals surface area contributed by atoms with E-state index in [1.807, 2.05) is 27.7 Å². The molecule has 2 rings (SSSR count). The highest BCUT2D eigenvalue weighted by Gasteiger charge is 2.10. The summed E-state index contributed by atoms with van der Waals surface area (Å²) >= 11 is 0. The predicted molar refractivity (Wildman–Crippen MR) is 67.2 cm³/mol. The number of hydrogen-bond donors (Lipinski definition) is 0. The molecule has 0 spiro atoms. The van der Waals surface area contributed by atoms with Crippen LogP contribution in [0.1, 0.15) is 58.8 Å². The average Bonchev–Trinajstić information content (AvgIpc) is 2.77. The first-order valence-corrected chi connectivity index (χ1v) is 6.46. The topological polar surface area (TPSA) is 17.8 Å². The van der Waals surface area contributed by atoms with Gasteiger partial charge in [0.05, 0.1) is 5.69 Å². The number of hydrogen-bond acceptors (Lipinski definition) is 1. The predicted octanol–water partition coefficient (Wildman–Crippen LogP) is 3.83. The Labute approximate surface area is 94.7 Å². The van der Waals surface area contributed by atoms with Gasteiger partial charge in [-0.25, -0.2) is 0 Å². The van der Waals surface area contributed by atoms with E-state index < -0.39 is 0 Å². The molecule has 88 valence electrons. The zero-order chi connectivity index (χ0) is 11.7. The van der Waals surface area contributed by atoms with Gasteiger partial charge in [0.15, 0.2) is 0 Å². The molecule has 0 N–H and O–H groups in total. The van der Waals surface area contributed by atoms with E-state index in [1.54, 1.807) is 0 Å². The SMILES string of the molecule is CC.CC.CCc1cc2n(n1)CCCC2. The van der Waals surface area contributed by atoms with Crippen LogP contribution in [0.25, 0.3) is 0 Å². The van der Waals surface area contributed by atoms with E-state index in [0.29, 0.717) is 0 Å². The fraction of sp³-hybridized carbons (Fsp3) is 0.769. The van der Waals surface area contributed by atoms with Gasteiger partial charge in [0.2, 0.25) is 0 Å². The molecule has 0 aliphatic carbocycles. The lowest BCUT2D eigenvalue weighted by Crippen LogP contribution is -2.10. The maximum absolute atomic E-state index is 4.49. The fourth-order valence-electron chi connectivity index (χ4n) is 1.65. The summed E-state index contributed by atoms with van der Waals surface area (Å²) in [6.45, 7) is 11.3. The van der Waals surface area contributed by atoms with E-state index in [1.165, 1.54) is 30.7 Å². The monoisotopic (exact) mass is 210 g/mol. The van der Waals surface area contributed by atoms with Crippen molar-refractivity contribution in [3.63, 3.8) is 0 Å². The summed E-state index contributed by atoms with van der Waals surface area (Å²) in [7, 11) is 0. The molecule has 1 aromatic rings. The summed E-state index contributed by atoms with van der Waals surface area (Å²) < 4.78 is 2.17. The van der Waals surface area contributed by atoms with E-state index in [2.05, 4.69) is 22.8 Å². The van der Waals surface area contributed by atoms with Crippen LogP contribution in [0.15, 0.2) is 6.07 Å². The molecule has 0 unspecified atom stereocenters. The van der Waals surface area contributed by atoms with Gasteiger partial charge in [-0.2, -0.15) is 5.10 Å². The van der Waals surface area contributed by atoms with Crippen molar-refractivity contribution in [3.8, 4) is 0 Å². The number of aromatic nitrogens is 2. The van der Waals surface area contributed by atoms with Crippen LogP contribution in [0.3, 0.4) is 0 Å². The molecule has 2 heterocycles. The van der Waals surface area contributed by atoms with Crippen molar-refractivity contribution < 1.29 is 0 Å². The van der Waals surface area contributed by atoms with Crippen LogP contribution in [0.2, 0.25) is 0 Å². The van der Waals surface area contributed by atoms with Crippen molar-refractivity contribution in [2.75, 3.05) is 0 Å². The smallest absolute Gasteiger partial charge is 0.0624 e. The molecule has 0 saturated carbocycles. The van der Waals surface area contributed by atoms with Crippen molar-refractivity contribution in [1.82, 2.24) is 9.78 Å². The summed E-state index contributed by atoms with van der Waals surface area (Å²) in [4.78, 5) is 0. The number of nitrogens with zero attached hydrogens (tertiary/aromatic N) is 2. The van der Waals surface area contributed by atoms with Gasteiger partial charge in [-0.05, 0) is 31.7 Å². The summed E-state index contributed by atoms with van der Waals surface area (Å²) in [6.07, 6.45) is 4.94. The summed E-state index contributed by atoms with van der Waals surface area (Å²) in [6, 6.07) is 2.25. The molecule has 2 nitrogen and oxygen atoms in total. The Morgan fingerprint density at radius 2 is 1.87 bits per heavy atom. The second-order valence-corrected chi connectivity index (χ2v) is 3.16. The van der Waals surface area contributed by atoms with Gasteiger partial charge in [0.25, 0.3) is 0 Å². The Morgan fingerprint density at radius 1 is 1.20 bits per heavy atom. The molecule has 0 bridgehead atoms. The van der Waals surface area contributed by atoms with Gasteiger partial charge >= 0.3 is 0 Å². The Kier molecular flexibility index (Phi) is 8.06. The van der Waals surface area contributed by atoms with Crippen LogP contribution in [0.5, 0.6) is 0 Å². The molecule has 15 heavy (non-hydrogen) atoms. The molecule has 1 aliphatic rings. The fourth-order valence-corrected chi connectivity index (χ4v) is 1.65. The summed E-state index contributed by atoms with van der Waals surface area (Å²) in [5.74, 6) is 0. The van der Waals surface area contributed by atoms with Crippen LogP contribution in [-0.4, -0.2) is 9.78 Å². The maximum atomic E-state index is 4.49. The van der Waals surface area contributed by atoms with E-state index in [0.717, 1.165) is 13.0 Å². The van der Waals surface area contributed by atoms with Crippen LogP contribution in [0.4, 0.5) is 0 Å². The largest absolute Gasteiger partial charge is 0.269 e. The standard InChI is InChI=1S/C9H14N2.2C2H6/c1-2-8-7-9-5-3-4-6-11(9)10-8;2*1-2/h7H,2-6H2,1H3;2*1-2H3. The minimum atomic E-state index is 1.07. The highest BCUT2D eigenvalue weighted by atomic mass is 15.3. The average molecular weight is 210 g/mol. The summed E-state index contributed by atoms with van der Waals surface area (Å²) in [5, 5.41) is 4.49. The van der Waals surface area contributed by atoms with Gasteiger partial charge in [-0.1, -0.05) is 34.6 Å². The molecular formula is C13H26N2. The molecule has 0 atom stereocenters. The minimum absolute atomic E-state index is 1.07. The Hall–Kier alpha value is -0.790. The third-order valence-corrected chi connectivity index (χ3v) is 2.33. The van der Waals surface area contributed by atoms with E-state index in [9.17, 15) is 0 Å². The lowest BCUT2D eigenvalue weighted by Gasteiger charge is -2.11. The molecule has 0 aromatic carbocycles. The van der Waals surface area contributed by atoms with Crippen LogP contribution < -0.4 is 0 Å². The molecule has 1 aromatic heterocycles. The molecule has 0 radical (unpaired) electrons. The highest BCUT2D eigenvalue weighted by molar-refractivity contribution is 5.11. The maximum Gasteiger partial charge on any atom is 0.0624 e.